The zero-order valence-corrected chi connectivity index (χ0v) is 15.2. The second kappa shape index (κ2) is 9.33. The van der Waals surface area contributed by atoms with Crippen LogP contribution in [0.2, 0.25) is 0 Å². The summed E-state index contributed by atoms with van der Waals surface area (Å²) in [5.41, 5.74) is 6.26. The molecule has 0 aliphatic heterocycles. The highest BCUT2D eigenvalue weighted by atomic mass is 16.2. The van der Waals surface area contributed by atoms with Gasteiger partial charge in [0.25, 0.3) is 0 Å². The smallest absolute Gasteiger partial charge is 0.231 e. The van der Waals surface area contributed by atoms with E-state index in [1.54, 1.807) is 0 Å². The molecule has 2 amide bonds. The van der Waals surface area contributed by atoms with Crippen LogP contribution in [0.1, 0.15) is 41.5 Å². The summed E-state index contributed by atoms with van der Waals surface area (Å²) < 4.78 is 0. The van der Waals surface area contributed by atoms with Gasteiger partial charge in [0.15, 0.2) is 0 Å². The minimum Gasteiger partial charge on any atom is -0.370 e. The maximum atomic E-state index is 12.9. The van der Waals surface area contributed by atoms with Crippen molar-refractivity contribution in [2.24, 2.45) is 5.73 Å². The SMILES string of the molecule is N#Cc1ccc(N(C(=O)CCCC(N)=O)c2ccc(C#N)c(C#N)c2)cc1C#N. The first-order chi connectivity index (χ1) is 13.9. The minimum atomic E-state index is -0.528. The van der Waals surface area contributed by atoms with Crippen molar-refractivity contribution in [3.8, 4) is 24.3 Å². The topological polar surface area (TPSA) is 159 Å². The molecule has 0 saturated heterocycles. The van der Waals surface area contributed by atoms with Gasteiger partial charge in [-0.2, -0.15) is 21.0 Å². The third kappa shape index (κ3) is 4.74. The quantitative estimate of drug-likeness (QED) is 0.808. The Hall–Kier alpha value is -4.66. The van der Waals surface area contributed by atoms with Crippen LogP contribution in [0.3, 0.4) is 0 Å². The van der Waals surface area contributed by atoms with E-state index in [2.05, 4.69) is 0 Å². The predicted octanol–water partition coefficient (Wildman–Crippen LogP) is 2.49. The number of nitriles is 4. The van der Waals surface area contributed by atoms with Crippen molar-refractivity contribution in [3.05, 3.63) is 58.7 Å². The molecule has 0 aliphatic carbocycles. The molecule has 29 heavy (non-hydrogen) atoms. The molecule has 0 fully saturated rings. The Labute approximate surface area is 167 Å². The Bertz CT molecular complexity index is 1070. The highest BCUT2D eigenvalue weighted by Gasteiger charge is 2.20. The molecule has 0 unspecified atom stereocenters. The summed E-state index contributed by atoms with van der Waals surface area (Å²) in [5.74, 6) is -0.923. The van der Waals surface area contributed by atoms with Crippen LogP contribution in [-0.4, -0.2) is 11.8 Å². The lowest BCUT2D eigenvalue weighted by molar-refractivity contribution is -0.119. The maximum absolute atomic E-state index is 12.9. The molecule has 0 radical (unpaired) electrons. The van der Waals surface area contributed by atoms with E-state index in [9.17, 15) is 20.1 Å². The fourth-order valence-corrected chi connectivity index (χ4v) is 2.69. The lowest BCUT2D eigenvalue weighted by atomic mass is 10.0. The number of carbonyl (C=O) groups is 2. The molecular formula is C21H14N6O2. The summed E-state index contributed by atoms with van der Waals surface area (Å²) in [6.07, 6.45) is 0.257. The van der Waals surface area contributed by atoms with Crippen molar-refractivity contribution >= 4 is 23.2 Å². The van der Waals surface area contributed by atoms with E-state index >= 15 is 0 Å². The first-order valence-corrected chi connectivity index (χ1v) is 8.45. The van der Waals surface area contributed by atoms with E-state index in [0.717, 1.165) is 0 Å². The van der Waals surface area contributed by atoms with E-state index in [1.807, 2.05) is 24.3 Å². The summed E-state index contributed by atoms with van der Waals surface area (Å²) in [6, 6.07) is 16.3. The van der Waals surface area contributed by atoms with Crippen LogP contribution in [0.5, 0.6) is 0 Å². The Balaban J connectivity index is 2.56. The number of hydrogen-bond donors (Lipinski definition) is 1. The molecule has 0 bridgehead atoms. The molecule has 0 aliphatic rings. The number of rotatable bonds is 6. The minimum absolute atomic E-state index is 0.00723. The van der Waals surface area contributed by atoms with Crippen molar-refractivity contribution in [1.82, 2.24) is 0 Å². The van der Waals surface area contributed by atoms with Gasteiger partial charge in [-0.25, -0.2) is 0 Å². The van der Waals surface area contributed by atoms with Crippen LogP contribution in [-0.2, 0) is 9.59 Å². The van der Waals surface area contributed by atoms with Crippen LogP contribution in [0.25, 0.3) is 0 Å². The molecule has 2 rings (SSSR count). The molecule has 0 aromatic heterocycles. The first-order valence-electron chi connectivity index (χ1n) is 8.45. The lowest BCUT2D eigenvalue weighted by Crippen LogP contribution is -2.26. The van der Waals surface area contributed by atoms with Crippen LogP contribution in [0.15, 0.2) is 36.4 Å². The average Bonchev–Trinajstić information content (AvgIpc) is 2.73. The second-order valence-corrected chi connectivity index (χ2v) is 5.96. The number of amides is 2. The van der Waals surface area contributed by atoms with E-state index in [0.29, 0.717) is 11.4 Å². The number of hydrogen-bond acceptors (Lipinski definition) is 6. The lowest BCUT2D eigenvalue weighted by Gasteiger charge is -2.24. The molecule has 0 atom stereocenters. The third-order valence-electron chi connectivity index (χ3n) is 4.07. The van der Waals surface area contributed by atoms with Crippen LogP contribution < -0.4 is 10.6 Å². The van der Waals surface area contributed by atoms with Crippen LogP contribution >= 0.6 is 0 Å². The zero-order chi connectivity index (χ0) is 21.4. The normalized spacial score (nSPS) is 9.38. The monoisotopic (exact) mass is 382 g/mol. The number of nitrogens with two attached hydrogens (primary N) is 1. The van der Waals surface area contributed by atoms with Crippen LogP contribution in [0, 0.1) is 45.3 Å². The Morgan fingerprint density at radius 1 is 0.759 bits per heavy atom. The number of carbonyl (C=O) groups excluding carboxylic acids is 2. The Morgan fingerprint density at radius 3 is 1.59 bits per heavy atom. The van der Waals surface area contributed by atoms with Gasteiger partial charge < -0.3 is 5.73 Å². The number of primary amides is 1. The highest BCUT2D eigenvalue weighted by Crippen LogP contribution is 2.30. The largest absolute Gasteiger partial charge is 0.370 e. The van der Waals surface area contributed by atoms with Crippen molar-refractivity contribution in [1.29, 1.82) is 21.0 Å². The summed E-state index contributed by atoms with van der Waals surface area (Å²) in [7, 11) is 0. The standard InChI is InChI=1S/C21H14N6O2/c22-10-14-4-6-18(8-16(14)12-24)27(21(29)3-1-2-20(26)28)19-7-5-15(11-23)17(9-19)13-25/h4-9H,1-3H2,(H2,26,28). The fourth-order valence-electron chi connectivity index (χ4n) is 2.69. The van der Waals surface area contributed by atoms with Gasteiger partial charge in [0, 0.05) is 12.8 Å². The molecule has 8 nitrogen and oxygen atoms in total. The van der Waals surface area contributed by atoms with Gasteiger partial charge in [0.05, 0.1) is 33.6 Å². The Morgan fingerprint density at radius 2 is 1.21 bits per heavy atom. The van der Waals surface area contributed by atoms with Gasteiger partial charge in [-0.15, -0.1) is 0 Å². The predicted molar refractivity (Wildman–Crippen MR) is 102 cm³/mol. The molecule has 2 N–H and O–H groups in total. The van der Waals surface area contributed by atoms with Crippen molar-refractivity contribution in [2.45, 2.75) is 19.3 Å². The van der Waals surface area contributed by atoms with Crippen molar-refractivity contribution in [2.75, 3.05) is 4.90 Å². The van der Waals surface area contributed by atoms with Gasteiger partial charge in [0.2, 0.25) is 11.8 Å². The van der Waals surface area contributed by atoms with E-state index < -0.39 is 11.8 Å². The summed E-state index contributed by atoms with van der Waals surface area (Å²) >= 11 is 0. The van der Waals surface area contributed by atoms with Gasteiger partial charge in [0.1, 0.15) is 24.3 Å². The summed E-state index contributed by atoms with van der Waals surface area (Å²) in [6.45, 7) is 0. The zero-order valence-electron chi connectivity index (χ0n) is 15.2. The van der Waals surface area contributed by atoms with Gasteiger partial charge in [-0.05, 0) is 42.8 Å². The fraction of sp³-hybridized carbons (Fsp3) is 0.143. The molecule has 2 aromatic carbocycles. The van der Waals surface area contributed by atoms with Crippen molar-refractivity contribution in [3.63, 3.8) is 0 Å². The number of benzene rings is 2. The van der Waals surface area contributed by atoms with Crippen LogP contribution in [0.4, 0.5) is 11.4 Å². The van der Waals surface area contributed by atoms with Gasteiger partial charge in [-0.1, -0.05) is 0 Å². The summed E-state index contributed by atoms with van der Waals surface area (Å²) in [4.78, 5) is 25.2. The second-order valence-electron chi connectivity index (χ2n) is 5.96. The van der Waals surface area contributed by atoms with Crippen molar-refractivity contribution < 1.29 is 9.59 Å². The van der Waals surface area contributed by atoms with E-state index in [-0.39, 0.29) is 41.5 Å². The average molecular weight is 382 g/mol. The molecule has 0 saturated carbocycles. The van der Waals surface area contributed by atoms with Gasteiger partial charge >= 0.3 is 0 Å². The Kier molecular flexibility index (Phi) is 6.64. The van der Waals surface area contributed by atoms with E-state index in [1.165, 1.54) is 41.3 Å². The summed E-state index contributed by atoms with van der Waals surface area (Å²) in [5, 5.41) is 36.8. The molecular weight excluding hydrogens is 368 g/mol. The maximum Gasteiger partial charge on any atom is 0.231 e. The van der Waals surface area contributed by atoms with E-state index in [4.69, 9.17) is 16.3 Å². The number of anilines is 2. The first kappa shape index (κ1) is 20.6. The molecule has 8 heteroatoms. The third-order valence-corrected chi connectivity index (χ3v) is 4.07. The number of nitrogens with zero attached hydrogens (tertiary/aromatic N) is 5. The molecule has 2 aromatic rings. The molecule has 140 valence electrons. The molecule has 0 heterocycles. The highest BCUT2D eigenvalue weighted by molar-refractivity contribution is 6.01. The molecule has 0 spiro atoms. The van der Waals surface area contributed by atoms with Gasteiger partial charge in [-0.3, -0.25) is 14.5 Å².